The van der Waals surface area contributed by atoms with Crippen LogP contribution in [0.4, 0.5) is 26.3 Å². The second-order valence-electron chi connectivity index (χ2n) is 3.68. The molecular weight excluding hydrogens is 358 g/mol. The summed E-state index contributed by atoms with van der Waals surface area (Å²) in [5, 5.41) is 0. The third kappa shape index (κ3) is 4.48. The number of halogens is 7. The van der Waals surface area contributed by atoms with Crippen molar-refractivity contribution in [1.82, 2.24) is 0 Å². The van der Waals surface area contributed by atoms with Gasteiger partial charge in [0.1, 0.15) is 6.61 Å². The number of rotatable bonds is 4. The lowest BCUT2D eigenvalue weighted by molar-refractivity contribution is -0.318. The molecule has 2 nitrogen and oxygen atoms in total. The smallest absolute Gasteiger partial charge is 0.353 e. The summed E-state index contributed by atoms with van der Waals surface area (Å²) in [7, 11) is 0. The van der Waals surface area contributed by atoms with Crippen molar-refractivity contribution in [2.24, 2.45) is 0 Å². The molecule has 1 aromatic carbocycles. The Morgan fingerprint density at radius 2 is 1.60 bits per heavy atom. The normalized spacial score (nSPS) is 12.8. The summed E-state index contributed by atoms with van der Waals surface area (Å²) in [6.07, 6.45) is -15.2. The number of hydrogen-bond acceptors (Lipinski definition) is 2. The van der Waals surface area contributed by atoms with Gasteiger partial charge in [-0.3, -0.25) is 4.79 Å². The molecule has 0 saturated heterocycles. The molecule has 0 radical (unpaired) electrons. The van der Waals surface area contributed by atoms with Gasteiger partial charge < -0.3 is 4.74 Å². The molecule has 0 aromatic heterocycles. The van der Waals surface area contributed by atoms with Crippen LogP contribution in [0.2, 0.25) is 0 Å². The average molecular weight is 365 g/mol. The van der Waals surface area contributed by atoms with Gasteiger partial charge in [0.25, 0.3) is 0 Å². The van der Waals surface area contributed by atoms with Crippen LogP contribution in [0.3, 0.4) is 0 Å². The van der Waals surface area contributed by atoms with Gasteiger partial charge in [0, 0.05) is 10.0 Å². The van der Waals surface area contributed by atoms with Gasteiger partial charge in [-0.15, -0.1) is 0 Å². The second-order valence-corrected chi connectivity index (χ2v) is 4.53. The van der Waals surface area contributed by atoms with E-state index in [9.17, 15) is 31.1 Å². The third-order valence-electron chi connectivity index (χ3n) is 2.15. The molecule has 0 N–H and O–H groups in total. The molecule has 20 heavy (non-hydrogen) atoms. The molecule has 0 heterocycles. The third-order valence-corrected chi connectivity index (χ3v) is 2.84. The van der Waals surface area contributed by atoms with E-state index in [1.807, 2.05) is 0 Å². The summed E-state index contributed by atoms with van der Waals surface area (Å²) >= 11 is 2.96. The van der Waals surface area contributed by atoms with Gasteiger partial charge >= 0.3 is 12.4 Å². The second kappa shape index (κ2) is 6.13. The molecule has 0 bridgehead atoms. The van der Waals surface area contributed by atoms with E-state index >= 15 is 0 Å². The number of hydrogen-bond donors (Lipinski definition) is 0. The monoisotopic (exact) mass is 364 g/mol. The van der Waals surface area contributed by atoms with Crippen molar-refractivity contribution in [2.75, 3.05) is 6.61 Å². The van der Waals surface area contributed by atoms with E-state index in [4.69, 9.17) is 0 Å². The van der Waals surface area contributed by atoms with Crippen LogP contribution in [0.15, 0.2) is 28.7 Å². The summed E-state index contributed by atoms with van der Waals surface area (Å²) in [4.78, 5) is 11.5. The van der Waals surface area contributed by atoms with E-state index in [1.54, 1.807) is 0 Å². The van der Waals surface area contributed by atoms with Crippen LogP contribution in [0, 0.1) is 0 Å². The Balaban J connectivity index is 2.79. The highest BCUT2D eigenvalue weighted by atomic mass is 79.9. The van der Waals surface area contributed by atoms with Crippen LogP contribution < -0.4 is 0 Å². The fourth-order valence-corrected chi connectivity index (χ4v) is 1.80. The molecule has 112 valence electrons. The molecular formula is C11H7BrF6O2. The largest absolute Gasteiger partial charge is 0.423 e. The lowest BCUT2D eigenvalue weighted by atomic mass is 10.1. The van der Waals surface area contributed by atoms with Gasteiger partial charge in [-0.05, 0) is 6.07 Å². The van der Waals surface area contributed by atoms with Crippen LogP contribution >= 0.6 is 15.9 Å². The molecule has 0 aliphatic rings. The molecule has 0 aliphatic heterocycles. The van der Waals surface area contributed by atoms with Gasteiger partial charge in [0.05, 0.1) is 0 Å². The summed E-state index contributed by atoms with van der Waals surface area (Å²) in [5.41, 5.74) is -0.0596. The number of ketones is 1. The minimum absolute atomic E-state index is 0.0596. The predicted molar refractivity (Wildman–Crippen MR) is 60.3 cm³/mol. The van der Waals surface area contributed by atoms with Crippen molar-refractivity contribution in [3.63, 3.8) is 0 Å². The average Bonchev–Trinajstić information content (AvgIpc) is 2.25. The number of carbonyl (C=O) groups excluding carboxylic acids is 1. The van der Waals surface area contributed by atoms with Gasteiger partial charge in [-0.2, -0.15) is 26.3 Å². The number of ether oxygens (including phenoxy) is 1. The maximum Gasteiger partial charge on any atom is 0.423 e. The Kier molecular flexibility index (Phi) is 5.20. The van der Waals surface area contributed by atoms with Crippen LogP contribution in [0.1, 0.15) is 10.4 Å². The highest BCUT2D eigenvalue weighted by molar-refractivity contribution is 9.10. The van der Waals surface area contributed by atoms with Crippen molar-refractivity contribution < 1.29 is 35.9 Å². The van der Waals surface area contributed by atoms with E-state index in [0.717, 1.165) is 0 Å². The van der Waals surface area contributed by atoms with Crippen LogP contribution in [-0.4, -0.2) is 30.8 Å². The Morgan fingerprint density at radius 1 is 1.10 bits per heavy atom. The summed E-state index contributed by atoms with van der Waals surface area (Å²) in [6.45, 7) is -1.33. The van der Waals surface area contributed by atoms with Crippen LogP contribution in [-0.2, 0) is 4.74 Å². The molecule has 0 saturated carbocycles. The van der Waals surface area contributed by atoms with Crippen molar-refractivity contribution >= 4 is 21.7 Å². The van der Waals surface area contributed by atoms with E-state index < -0.39 is 30.8 Å². The predicted octanol–water partition coefficient (Wildman–Crippen LogP) is 4.14. The Labute approximate surface area is 117 Å². The number of alkyl halides is 6. The standard InChI is InChI=1S/C11H7BrF6O2/c12-7-4-2-1-3-6(7)8(19)5-20-9(10(13,14)15)11(16,17)18/h1-4,9H,5H2. The quantitative estimate of drug-likeness (QED) is 0.592. The molecule has 0 fully saturated rings. The first-order valence-electron chi connectivity index (χ1n) is 5.06. The topological polar surface area (TPSA) is 26.3 Å². The van der Waals surface area contributed by atoms with Crippen LogP contribution in [0.5, 0.6) is 0 Å². The van der Waals surface area contributed by atoms with Crippen molar-refractivity contribution in [3.05, 3.63) is 34.3 Å². The molecule has 1 rings (SSSR count). The van der Waals surface area contributed by atoms with E-state index in [-0.39, 0.29) is 10.0 Å². The molecule has 0 spiro atoms. The van der Waals surface area contributed by atoms with Gasteiger partial charge in [0.15, 0.2) is 5.78 Å². The molecule has 1 aromatic rings. The van der Waals surface area contributed by atoms with E-state index in [0.29, 0.717) is 0 Å². The number of carbonyl (C=O) groups is 1. The molecule has 0 atom stereocenters. The SMILES string of the molecule is O=C(COC(C(F)(F)F)C(F)(F)F)c1ccccc1Br. The molecule has 9 heteroatoms. The zero-order valence-corrected chi connectivity index (χ0v) is 11.1. The maximum atomic E-state index is 12.2. The first-order chi connectivity index (χ1) is 9.03. The van der Waals surface area contributed by atoms with Crippen molar-refractivity contribution in [1.29, 1.82) is 0 Å². The highest BCUT2D eigenvalue weighted by Gasteiger charge is 2.58. The summed E-state index contributed by atoms with van der Waals surface area (Å²) in [6, 6.07) is 5.64. The Hall–Kier alpha value is -1.09. The molecule has 0 unspecified atom stereocenters. The molecule has 0 amide bonds. The lowest BCUT2D eigenvalue weighted by Crippen LogP contribution is -2.45. The maximum absolute atomic E-state index is 12.2. The summed E-state index contributed by atoms with van der Waals surface area (Å²) < 4.78 is 77.1. The minimum atomic E-state index is -5.63. The zero-order valence-electron chi connectivity index (χ0n) is 9.56. The minimum Gasteiger partial charge on any atom is -0.353 e. The highest BCUT2D eigenvalue weighted by Crippen LogP contribution is 2.35. The fraction of sp³-hybridized carbons (Fsp3) is 0.364. The zero-order chi connectivity index (χ0) is 15.6. The van der Waals surface area contributed by atoms with Gasteiger partial charge in [-0.25, -0.2) is 0 Å². The fourth-order valence-electron chi connectivity index (χ4n) is 1.30. The van der Waals surface area contributed by atoms with E-state index in [1.165, 1.54) is 24.3 Å². The van der Waals surface area contributed by atoms with Crippen molar-refractivity contribution in [3.8, 4) is 0 Å². The van der Waals surface area contributed by atoms with Gasteiger partial charge in [0.2, 0.25) is 6.10 Å². The van der Waals surface area contributed by atoms with Crippen LogP contribution in [0.25, 0.3) is 0 Å². The van der Waals surface area contributed by atoms with Gasteiger partial charge in [-0.1, -0.05) is 34.1 Å². The Morgan fingerprint density at radius 3 is 2.05 bits per heavy atom. The molecule has 0 aliphatic carbocycles. The lowest BCUT2D eigenvalue weighted by Gasteiger charge is -2.22. The number of Topliss-reactive ketones (excluding diaryl/α,β-unsaturated/α-hetero) is 1. The summed E-state index contributed by atoms with van der Waals surface area (Å²) in [5.74, 6) is -0.990. The number of benzene rings is 1. The Bertz CT molecular complexity index is 469. The first kappa shape index (κ1) is 17.0. The van der Waals surface area contributed by atoms with E-state index in [2.05, 4.69) is 20.7 Å². The first-order valence-corrected chi connectivity index (χ1v) is 5.85. The van der Waals surface area contributed by atoms with Crippen molar-refractivity contribution in [2.45, 2.75) is 18.5 Å².